The summed E-state index contributed by atoms with van der Waals surface area (Å²) in [5, 5.41) is 13.7. The van der Waals surface area contributed by atoms with E-state index in [2.05, 4.69) is 20.5 Å². The van der Waals surface area contributed by atoms with Crippen LogP contribution in [0.15, 0.2) is 29.6 Å². The number of aromatic nitrogens is 2. The van der Waals surface area contributed by atoms with Gasteiger partial charge in [-0.2, -0.15) is 5.10 Å². The summed E-state index contributed by atoms with van der Waals surface area (Å²) in [6.45, 7) is 0. The molecule has 0 saturated heterocycles. The van der Waals surface area contributed by atoms with Gasteiger partial charge in [0, 0.05) is 5.56 Å². The highest BCUT2D eigenvalue weighted by Crippen LogP contribution is 2.27. The number of primary amides is 1. The Morgan fingerprint density at radius 1 is 1.60 bits per heavy atom. The highest BCUT2D eigenvalue weighted by Gasteiger charge is 2.10. The Kier molecular flexibility index (Phi) is 3.85. The molecule has 0 atom stereocenters. The Hall–Kier alpha value is -3.03. The number of amides is 1. The summed E-state index contributed by atoms with van der Waals surface area (Å²) >= 11 is 0. The van der Waals surface area contributed by atoms with Crippen LogP contribution in [0.3, 0.4) is 0 Å². The van der Waals surface area contributed by atoms with Crippen LogP contribution in [-0.4, -0.2) is 34.3 Å². The van der Waals surface area contributed by atoms with Crippen LogP contribution in [0.2, 0.25) is 0 Å². The zero-order valence-electron chi connectivity index (χ0n) is 10.6. The summed E-state index contributed by atoms with van der Waals surface area (Å²) in [7, 11) is 1.46. The topological polar surface area (TPSA) is 126 Å². The van der Waals surface area contributed by atoms with E-state index >= 15 is 0 Å². The number of benzene rings is 1. The van der Waals surface area contributed by atoms with Gasteiger partial charge in [0.1, 0.15) is 5.69 Å². The van der Waals surface area contributed by atoms with Gasteiger partial charge in [0.25, 0.3) is 5.91 Å². The van der Waals surface area contributed by atoms with Crippen LogP contribution in [0.1, 0.15) is 16.1 Å². The van der Waals surface area contributed by atoms with Gasteiger partial charge in [-0.15, -0.1) is 0 Å². The van der Waals surface area contributed by atoms with Gasteiger partial charge in [0.2, 0.25) is 0 Å². The molecule has 0 fully saturated rings. The first-order valence-corrected chi connectivity index (χ1v) is 5.61. The Bertz CT molecular complexity index is 650. The Morgan fingerprint density at radius 3 is 3.10 bits per heavy atom. The number of rotatable bonds is 5. The lowest BCUT2D eigenvalue weighted by atomic mass is 10.2. The second-order valence-corrected chi connectivity index (χ2v) is 3.76. The number of hydrogen-bond acceptors (Lipinski definition) is 6. The van der Waals surface area contributed by atoms with Crippen LogP contribution < -0.4 is 15.9 Å². The molecule has 1 heterocycles. The number of carbonyl (C=O) groups excluding carboxylic acids is 1. The lowest BCUT2D eigenvalue weighted by molar-refractivity contribution is 0.0997. The smallest absolute Gasteiger partial charge is 0.269 e. The highest BCUT2D eigenvalue weighted by molar-refractivity contribution is 5.95. The SMILES string of the molecule is COc1cccc(C=NNc2nc[nH]c2C(N)=O)c1O. The van der Waals surface area contributed by atoms with Gasteiger partial charge in [-0.3, -0.25) is 10.2 Å². The maximum Gasteiger partial charge on any atom is 0.269 e. The van der Waals surface area contributed by atoms with Crippen molar-refractivity contribution in [3.05, 3.63) is 35.8 Å². The maximum absolute atomic E-state index is 11.1. The molecule has 8 nitrogen and oxygen atoms in total. The van der Waals surface area contributed by atoms with Crippen LogP contribution >= 0.6 is 0 Å². The summed E-state index contributed by atoms with van der Waals surface area (Å²) in [5.41, 5.74) is 8.28. The van der Waals surface area contributed by atoms with Crippen molar-refractivity contribution in [2.45, 2.75) is 0 Å². The van der Waals surface area contributed by atoms with E-state index in [1.54, 1.807) is 18.2 Å². The van der Waals surface area contributed by atoms with Gasteiger partial charge in [0.05, 0.1) is 19.7 Å². The fourth-order valence-corrected chi connectivity index (χ4v) is 1.54. The first-order chi connectivity index (χ1) is 9.63. The van der Waals surface area contributed by atoms with Crippen molar-refractivity contribution >= 4 is 17.9 Å². The highest BCUT2D eigenvalue weighted by atomic mass is 16.5. The van der Waals surface area contributed by atoms with E-state index < -0.39 is 5.91 Å². The quantitative estimate of drug-likeness (QED) is 0.471. The minimum absolute atomic E-state index is 0.0299. The van der Waals surface area contributed by atoms with E-state index in [0.717, 1.165) is 0 Å². The number of nitrogens with zero attached hydrogens (tertiary/aromatic N) is 2. The second kappa shape index (κ2) is 5.74. The van der Waals surface area contributed by atoms with Gasteiger partial charge < -0.3 is 20.6 Å². The first-order valence-electron chi connectivity index (χ1n) is 5.61. The third-order valence-corrected chi connectivity index (χ3v) is 2.51. The molecule has 0 aliphatic rings. The minimum atomic E-state index is -0.649. The average molecular weight is 275 g/mol. The number of phenolic OH excluding ortho intramolecular Hbond substituents is 1. The molecule has 104 valence electrons. The third kappa shape index (κ3) is 2.69. The normalized spacial score (nSPS) is 10.7. The van der Waals surface area contributed by atoms with Crippen LogP contribution in [0.5, 0.6) is 11.5 Å². The number of aromatic amines is 1. The molecule has 0 aliphatic carbocycles. The van der Waals surface area contributed by atoms with Crippen LogP contribution in [-0.2, 0) is 0 Å². The van der Waals surface area contributed by atoms with E-state index in [1.807, 2.05) is 0 Å². The van der Waals surface area contributed by atoms with Crippen molar-refractivity contribution < 1.29 is 14.6 Å². The van der Waals surface area contributed by atoms with E-state index in [4.69, 9.17) is 10.5 Å². The van der Waals surface area contributed by atoms with Gasteiger partial charge >= 0.3 is 0 Å². The molecule has 2 aromatic rings. The van der Waals surface area contributed by atoms with Gasteiger partial charge in [0.15, 0.2) is 17.3 Å². The largest absolute Gasteiger partial charge is 0.504 e. The third-order valence-electron chi connectivity index (χ3n) is 2.51. The Labute approximate surface area is 114 Å². The molecule has 0 radical (unpaired) electrons. The molecule has 0 aliphatic heterocycles. The Morgan fingerprint density at radius 2 is 2.40 bits per heavy atom. The van der Waals surface area contributed by atoms with Gasteiger partial charge in [-0.1, -0.05) is 6.07 Å². The van der Waals surface area contributed by atoms with Crippen LogP contribution in [0, 0.1) is 0 Å². The van der Waals surface area contributed by atoms with E-state index in [9.17, 15) is 9.90 Å². The lowest BCUT2D eigenvalue weighted by Crippen LogP contribution is -2.13. The summed E-state index contributed by atoms with van der Waals surface area (Å²) in [6, 6.07) is 4.99. The van der Waals surface area contributed by atoms with Crippen molar-refractivity contribution in [1.82, 2.24) is 9.97 Å². The van der Waals surface area contributed by atoms with E-state index in [1.165, 1.54) is 19.7 Å². The van der Waals surface area contributed by atoms with Crippen molar-refractivity contribution in [1.29, 1.82) is 0 Å². The van der Waals surface area contributed by atoms with Crippen LogP contribution in [0.4, 0.5) is 5.82 Å². The molecular formula is C12H13N5O3. The fourth-order valence-electron chi connectivity index (χ4n) is 1.54. The number of hydrogen-bond donors (Lipinski definition) is 4. The monoisotopic (exact) mass is 275 g/mol. The number of ether oxygens (including phenoxy) is 1. The number of H-pyrrole nitrogens is 1. The van der Waals surface area contributed by atoms with E-state index in [-0.39, 0.29) is 17.3 Å². The standard InChI is InChI=1S/C12H13N5O3/c1-20-8-4-2-3-7(10(8)18)5-16-17-12-9(11(13)19)14-6-15-12/h2-6,17-18H,1H3,(H2,13,19)(H,14,15). The summed E-state index contributed by atoms with van der Waals surface area (Å²) in [6.07, 6.45) is 2.69. The number of nitrogens with one attached hydrogen (secondary N) is 2. The fraction of sp³-hybridized carbons (Fsp3) is 0.0833. The van der Waals surface area contributed by atoms with Gasteiger partial charge in [-0.25, -0.2) is 4.98 Å². The molecular weight excluding hydrogens is 262 g/mol. The zero-order valence-corrected chi connectivity index (χ0v) is 10.6. The average Bonchev–Trinajstić information content (AvgIpc) is 2.89. The molecule has 8 heteroatoms. The first kappa shape index (κ1) is 13.4. The maximum atomic E-state index is 11.1. The number of methoxy groups -OCH3 is 1. The predicted octanol–water partition coefficient (Wildman–Crippen LogP) is 0.669. The van der Waals surface area contributed by atoms with E-state index in [0.29, 0.717) is 11.3 Å². The molecule has 0 bridgehead atoms. The number of hydrazone groups is 1. The summed E-state index contributed by atoms with van der Waals surface area (Å²) in [5.74, 6) is -0.134. The molecule has 0 spiro atoms. The number of para-hydroxylation sites is 1. The molecule has 0 saturated carbocycles. The van der Waals surface area contributed by atoms with Crippen molar-refractivity contribution in [2.75, 3.05) is 12.5 Å². The zero-order chi connectivity index (χ0) is 14.5. The molecule has 20 heavy (non-hydrogen) atoms. The molecule has 2 rings (SSSR count). The van der Waals surface area contributed by atoms with Crippen LogP contribution in [0.25, 0.3) is 0 Å². The number of nitrogens with two attached hydrogens (primary N) is 1. The van der Waals surface area contributed by atoms with Crippen molar-refractivity contribution in [2.24, 2.45) is 10.8 Å². The van der Waals surface area contributed by atoms with Crippen molar-refractivity contribution in [3.63, 3.8) is 0 Å². The predicted molar refractivity (Wildman–Crippen MR) is 73.0 cm³/mol. The number of carbonyl (C=O) groups is 1. The molecule has 1 aromatic carbocycles. The number of anilines is 1. The number of imidazole rings is 1. The Balaban J connectivity index is 2.14. The van der Waals surface area contributed by atoms with Crippen molar-refractivity contribution in [3.8, 4) is 11.5 Å². The lowest BCUT2D eigenvalue weighted by Gasteiger charge is -2.04. The minimum Gasteiger partial charge on any atom is -0.504 e. The summed E-state index contributed by atoms with van der Waals surface area (Å²) < 4.78 is 4.98. The number of aromatic hydroxyl groups is 1. The van der Waals surface area contributed by atoms with Gasteiger partial charge in [-0.05, 0) is 12.1 Å². The second-order valence-electron chi connectivity index (χ2n) is 3.76. The molecule has 0 unspecified atom stereocenters. The molecule has 1 amide bonds. The molecule has 5 N–H and O–H groups in total. The summed E-state index contributed by atoms with van der Waals surface area (Å²) in [4.78, 5) is 17.5. The number of phenols is 1. The molecule has 1 aromatic heterocycles.